The van der Waals surface area contributed by atoms with Crippen molar-refractivity contribution in [3.05, 3.63) is 0 Å². The third-order valence-corrected chi connectivity index (χ3v) is 14.6. The van der Waals surface area contributed by atoms with E-state index in [1.165, 1.54) is 0 Å². The van der Waals surface area contributed by atoms with Gasteiger partial charge in [-0.1, -0.05) is 20.8 Å². The van der Waals surface area contributed by atoms with Gasteiger partial charge < -0.3 is 37.4 Å². The molecule has 5 aliphatic heterocycles. The number of carbonyl (C=O) groups is 1. The average molecular weight is 759 g/mol. The van der Waals surface area contributed by atoms with Crippen LogP contribution in [0.25, 0.3) is 0 Å². The molecule has 5 rings (SSSR count). The number of hydrogen-bond donors (Lipinski definition) is 2. The minimum Gasteiger partial charge on any atom is -0.459 e. The highest BCUT2D eigenvalue weighted by Gasteiger charge is 2.73. The van der Waals surface area contributed by atoms with E-state index in [0.717, 1.165) is 12.2 Å². The van der Waals surface area contributed by atoms with Gasteiger partial charge in [0, 0.05) is 23.6 Å². The molecule has 0 amide bonds. The predicted molar refractivity (Wildman–Crippen MR) is 202 cm³/mol. The lowest BCUT2D eigenvalue weighted by Gasteiger charge is -2.50. The van der Waals surface area contributed by atoms with E-state index in [-0.39, 0.29) is 48.0 Å². The Balaban J connectivity index is 1.67. The number of fused-ring (bicyclic) bond motifs is 4. The maximum Gasteiger partial charge on any atom is 0.311 e. The number of carbonyl (C=O) groups excluding carboxylic acids is 1. The van der Waals surface area contributed by atoms with Crippen LogP contribution >= 0.6 is 11.8 Å². The maximum absolute atomic E-state index is 14.4. The van der Waals surface area contributed by atoms with Crippen molar-refractivity contribution in [2.45, 2.75) is 173 Å². The van der Waals surface area contributed by atoms with Gasteiger partial charge in [0.2, 0.25) is 0 Å². The van der Waals surface area contributed by atoms with E-state index in [2.05, 4.69) is 97.9 Å². The summed E-state index contributed by atoms with van der Waals surface area (Å²) in [6.07, 6.45) is -0.466. The minimum atomic E-state index is -2.18. The van der Waals surface area contributed by atoms with Crippen LogP contribution in [0.2, 0.25) is 39.3 Å². The number of amidine groups is 1. The standard InChI is InChI=1S/C36H67N3O8SSi2/c1-16-26-35(7)29-24(19-48-33(37)38-29)36(47-35)20(2)18-34(6,46-36)30(22(4)27(44-49(10,11)12)23(5)31(40)42-26)43-32-28(45-50(13,14)15)25(39(8)9)17-21(3)41-32/h20-30,32H,16-19H2,1-15H3,(H2,37,38)/p+1/t20-,21-,22+,23-,24?,25+,26-,27+,28+,29?,30-,32?,34-,35?,36?/m1/s1. The van der Waals surface area contributed by atoms with E-state index in [0.29, 0.717) is 18.0 Å². The second-order valence-corrected chi connectivity index (χ2v) is 28.4. The van der Waals surface area contributed by atoms with Crippen molar-refractivity contribution in [2.24, 2.45) is 29.4 Å². The number of nitrogens with zero attached hydrogens (tertiary/aromatic N) is 1. The fraction of sp³-hybridized carbons (Fsp3) is 0.944. The molecule has 5 unspecified atom stereocenters. The quantitative estimate of drug-likeness (QED) is 0.277. The Hall–Kier alpha value is -0.556. The van der Waals surface area contributed by atoms with Gasteiger partial charge in [0.25, 0.3) is 0 Å². The van der Waals surface area contributed by atoms with Crippen molar-refractivity contribution in [1.29, 1.82) is 0 Å². The van der Waals surface area contributed by atoms with Gasteiger partial charge in [-0.15, -0.1) is 0 Å². The molecule has 288 valence electrons. The molecule has 5 heterocycles. The SMILES string of the molecule is CC[C@H]1OC(=O)[C@H](C)[C@@H](O[Si](C)(C)C)[C@H](C)[C@@H](OC2O[C@H](C)C[C@H](N(C)C)[C@@H]2O[Si](C)(C)C)[C@@]2(C)C[C@@H](C)C3(OC1(C)C1[NH+]=C(N)SCC13)O2. The summed E-state index contributed by atoms with van der Waals surface area (Å²) in [4.78, 5) is 20.2. The molecule has 4 fully saturated rings. The summed E-state index contributed by atoms with van der Waals surface area (Å²) in [7, 11) is -0.00235. The Labute approximate surface area is 308 Å². The Bertz CT molecular complexity index is 1280. The van der Waals surface area contributed by atoms with E-state index < -0.39 is 64.1 Å². The molecule has 50 heavy (non-hydrogen) atoms. The van der Waals surface area contributed by atoms with Crippen LogP contribution in [-0.2, 0) is 37.3 Å². The first-order chi connectivity index (χ1) is 22.9. The molecule has 0 radical (unpaired) electrons. The number of esters is 1. The van der Waals surface area contributed by atoms with Crippen molar-refractivity contribution < 1.29 is 42.3 Å². The van der Waals surface area contributed by atoms with Gasteiger partial charge in [0.15, 0.2) is 28.7 Å². The highest BCUT2D eigenvalue weighted by atomic mass is 32.2. The molecule has 5 aliphatic rings. The zero-order valence-corrected chi connectivity index (χ0v) is 36.3. The predicted octanol–water partition coefficient (Wildman–Crippen LogP) is 3.91. The summed E-state index contributed by atoms with van der Waals surface area (Å²) in [6, 6.07) is -0.119. The number of rotatable bonds is 8. The number of likely N-dealkylation sites (N-methyl/N-ethyl adjacent to an activating group) is 1. The van der Waals surface area contributed by atoms with Crippen molar-refractivity contribution >= 4 is 39.5 Å². The van der Waals surface area contributed by atoms with Crippen LogP contribution in [0, 0.1) is 23.7 Å². The monoisotopic (exact) mass is 758 g/mol. The summed E-state index contributed by atoms with van der Waals surface area (Å²) in [5, 5.41) is 0.649. The molecule has 0 aromatic heterocycles. The van der Waals surface area contributed by atoms with Gasteiger partial charge >= 0.3 is 11.1 Å². The normalized spacial score (nSPS) is 47.3. The third-order valence-electron chi connectivity index (χ3n) is 11.7. The van der Waals surface area contributed by atoms with E-state index in [4.69, 9.17) is 38.3 Å². The first-order valence-electron chi connectivity index (χ1n) is 18.9. The van der Waals surface area contributed by atoms with Crippen molar-refractivity contribution in [2.75, 3.05) is 19.8 Å². The molecule has 3 N–H and O–H groups in total. The summed E-state index contributed by atoms with van der Waals surface area (Å²) >= 11 is 1.59. The highest BCUT2D eigenvalue weighted by Crippen LogP contribution is 2.59. The van der Waals surface area contributed by atoms with E-state index in [1.807, 2.05) is 13.8 Å². The maximum atomic E-state index is 14.4. The van der Waals surface area contributed by atoms with Gasteiger partial charge in [-0.3, -0.25) is 15.5 Å². The van der Waals surface area contributed by atoms with Crippen LogP contribution in [0.15, 0.2) is 0 Å². The first kappa shape index (κ1) is 40.6. The second-order valence-electron chi connectivity index (χ2n) is 18.4. The largest absolute Gasteiger partial charge is 0.459 e. The van der Waals surface area contributed by atoms with Gasteiger partial charge in [0.1, 0.15) is 23.9 Å². The minimum absolute atomic E-state index is 0.000607. The van der Waals surface area contributed by atoms with E-state index >= 15 is 0 Å². The molecule has 15 atom stereocenters. The molecule has 14 heteroatoms. The number of nitrogens with two attached hydrogens (primary N) is 1. The molecular weight excluding hydrogens is 691 g/mol. The van der Waals surface area contributed by atoms with Crippen molar-refractivity contribution in [3.8, 4) is 0 Å². The Morgan fingerprint density at radius 2 is 1.62 bits per heavy atom. The average Bonchev–Trinajstić information content (AvgIpc) is 3.39. The Kier molecular flexibility index (Phi) is 11.6. The van der Waals surface area contributed by atoms with Crippen LogP contribution < -0.4 is 10.7 Å². The lowest BCUT2D eigenvalue weighted by atomic mass is 9.76. The second kappa shape index (κ2) is 14.3. The molecular formula is C36H68N3O8SSi2+. The third kappa shape index (κ3) is 7.68. The molecule has 0 saturated carbocycles. The molecule has 0 aromatic rings. The van der Waals surface area contributed by atoms with Crippen LogP contribution in [0.3, 0.4) is 0 Å². The number of thioether (sulfide) groups is 1. The molecule has 1 spiro atoms. The molecule has 4 saturated heterocycles. The summed E-state index contributed by atoms with van der Waals surface area (Å²) in [5.41, 5.74) is 4.73. The summed E-state index contributed by atoms with van der Waals surface area (Å²) in [6.45, 7) is 27.8. The van der Waals surface area contributed by atoms with E-state index in [1.54, 1.807) is 11.8 Å². The van der Waals surface area contributed by atoms with Crippen LogP contribution in [0.4, 0.5) is 0 Å². The number of ether oxygens (including phenoxy) is 5. The van der Waals surface area contributed by atoms with Gasteiger partial charge in [-0.05, 0) is 112 Å². The first-order valence-corrected chi connectivity index (χ1v) is 26.7. The van der Waals surface area contributed by atoms with Crippen LogP contribution in [-0.4, -0.2) is 118 Å². The zero-order chi connectivity index (χ0) is 37.4. The molecule has 0 aromatic carbocycles. The van der Waals surface area contributed by atoms with Gasteiger partial charge in [0.05, 0.1) is 35.7 Å². The lowest BCUT2D eigenvalue weighted by molar-refractivity contribution is -0.528. The Morgan fingerprint density at radius 3 is 2.20 bits per heavy atom. The number of nitrogens with one attached hydrogen (secondary N) is 1. The molecule has 11 nitrogen and oxygen atoms in total. The Morgan fingerprint density at radius 1 is 1.00 bits per heavy atom. The summed E-state index contributed by atoms with van der Waals surface area (Å²) in [5.74, 6) is -1.44. The lowest BCUT2D eigenvalue weighted by Crippen LogP contribution is -2.89. The van der Waals surface area contributed by atoms with Crippen LogP contribution in [0.5, 0.6) is 0 Å². The van der Waals surface area contributed by atoms with E-state index in [9.17, 15) is 4.79 Å². The smallest absolute Gasteiger partial charge is 0.311 e. The number of hydrogen-bond acceptors (Lipinski definition) is 11. The van der Waals surface area contributed by atoms with Crippen LogP contribution in [0.1, 0.15) is 67.7 Å². The molecule has 3 bridgehead atoms. The number of cyclic esters (lactones) is 1. The fourth-order valence-corrected chi connectivity index (χ4v) is 12.9. The summed E-state index contributed by atoms with van der Waals surface area (Å²) < 4.78 is 49.4. The topological polar surface area (TPSA) is 125 Å². The molecule has 0 aliphatic carbocycles. The van der Waals surface area contributed by atoms with Gasteiger partial charge in [-0.2, -0.15) is 0 Å². The zero-order valence-electron chi connectivity index (χ0n) is 33.5. The van der Waals surface area contributed by atoms with Crippen molar-refractivity contribution in [1.82, 2.24) is 4.90 Å². The fourth-order valence-electron chi connectivity index (χ4n) is 9.58. The highest BCUT2D eigenvalue weighted by molar-refractivity contribution is 8.13. The van der Waals surface area contributed by atoms with Gasteiger partial charge in [-0.25, -0.2) is 0 Å². The van der Waals surface area contributed by atoms with Crippen molar-refractivity contribution in [3.63, 3.8) is 0 Å².